The molecule has 3 rings (SSSR count). The maximum Gasteiger partial charge on any atom is 0.277 e. The number of aryl methyl sites for hydroxylation is 1. The van der Waals surface area contributed by atoms with Crippen LogP contribution in [0.5, 0.6) is 0 Å². The molecule has 0 aliphatic carbocycles. The van der Waals surface area contributed by atoms with Gasteiger partial charge in [-0.1, -0.05) is 19.1 Å². The third-order valence-corrected chi connectivity index (χ3v) is 5.16. The number of hydrogen-bond donors (Lipinski definition) is 1. The van der Waals surface area contributed by atoms with Gasteiger partial charge in [-0.2, -0.15) is 0 Å². The van der Waals surface area contributed by atoms with E-state index in [1.165, 1.54) is 29.5 Å². The number of nitrogens with zero attached hydrogens (tertiary/aromatic N) is 3. The summed E-state index contributed by atoms with van der Waals surface area (Å²) >= 11 is 1.43. The zero-order valence-electron chi connectivity index (χ0n) is 15.3. The lowest BCUT2D eigenvalue weighted by Gasteiger charge is -2.12. The second-order valence-corrected chi connectivity index (χ2v) is 6.99. The van der Waals surface area contributed by atoms with Gasteiger partial charge in [-0.25, -0.2) is 4.39 Å². The van der Waals surface area contributed by atoms with E-state index >= 15 is 0 Å². The van der Waals surface area contributed by atoms with Gasteiger partial charge in [0.1, 0.15) is 11.5 Å². The highest BCUT2D eigenvalue weighted by molar-refractivity contribution is 7.98. The lowest BCUT2D eigenvalue weighted by atomic mass is 10.1. The van der Waals surface area contributed by atoms with Crippen molar-refractivity contribution in [2.45, 2.75) is 37.5 Å². The van der Waals surface area contributed by atoms with Crippen LogP contribution in [0.15, 0.2) is 58.2 Å². The standard InChI is InChI=1S/C20H21FN4OS/c1-3-14-5-9-16(10-6-14)22-20-24-23-18(19(26)25(20)4-2)13-27-17-11-7-15(21)8-12-17/h5-12H,3-4,13H2,1-2H3,(H,22,24). The van der Waals surface area contributed by atoms with Crippen LogP contribution in [0.25, 0.3) is 0 Å². The van der Waals surface area contributed by atoms with E-state index in [2.05, 4.69) is 22.4 Å². The van der Waals surface area contributed by atoms with Crippen LogP contribution in [0.1, 0.15) is 25.1 Å². The Labute approximate surface area is 161 Å². The van der Waals surface area contributed by atoms with Gasteiger partial charge in [0.15, 0.2) is 0 Å². The van der Waals surface area contributed by atoms with Gasteiger partial charge >= 0.3 is 0 Å². The summed E-state index contributed by atoms with van der Waals surface area (Å²) in [6, 6.07) is 14.2. The molecular weight excluding hydrogens is 363 g/mol. The molecule has 0 fully saturated rings. The van der Waals surface area contributed by atoms with Crippen molar-refractivity contribution < 1.29 is 4.39 Å². The molecule has 3 aromatic rings. The molecule has 140 valence electrons. The van der Waals surface area contributed by atoms with Crippen LogP contribution < -0.4 is 10.9 Å². The summed E-state index contributed by atoms with van der Waals surface area (Å²) in [6.07, 6.45) is 0.972. The summed E-state index contributed by atoms with van der Waals surface area (Å²) in [5.74, 6) is 0.514. The Kier molecular flexibility index (Phi) is 6.24. The molecule has 1 N–H and O–H groups in total. The third-order valence-electron chi connectivity index (χ3n) is 4.14. The molecule has 0 unspecified atom stereocenters. The molecule has 5 nitrogen and oxygen atoms in total. The monoisotopic (exact) mass is 384 g/mol. The van der Waals surface area contributed by atoms with Crippen molar-refractivity contribution in [2.24, 2.45) is 0 Å². The molecule has 0 spiro atoms. The lowest BCUT2D eigenvalue weighted by Crippen LogP contribution is -2.27. The van der Waals surface area contributed by atoms with E-state index in [1.807, 2.05) is 31.2 Å². The Morgan fingerprint density at radius 3 is 2.37 bits per heavy atom. The Morgan fingerprint density at radius 1 is 1.04 bits per heavy atom. The Morgan fingerprint density at radius 2 is 1.74 bits per heavy atom. The van der Waals surface area contributed by atoms with Crippen LogP contribution in [-0.2, 0) is 18.7 Å². The molecule has 27 heavy (non-hydrogen) atoms. The summed E-state index contributed by atoms with van der Waals surface area (Å²) in [6.45, 7) is 4.48. The minimum Gasteiger partial charge on any atom is -0.324 e. The number of aromatic nitrogens is 3. The molecule has 1 heterocycles. The van der Waals surface area contributed by atoms with Crippen LogP contribution in [0.2, 0.25) is 0 Å². The molecule has 0 bridgehead atoms. The summed E-state index contributed by atoms with van der Waals surface area (Å²) < 4.78 is 14.6. The van der Waals surface area contributed by atoms with E-state index in [0.29, 0.717) is 23.9 Å². The zero-order chi connectivity index (χ0) is 19.2. The highest BCUT2D eigenvalue weighted by Crippen LogP contribution is 2.21. The van der Waals surface area contributed by atoms with Gasteiger partial charge in [0.25, 0.3) is 5.56 Å². The smallest absolute Gasteiger partial charge is 0.277 e. The van der Waals surface area contributed by atoms with Gasteiger partial charge in [0.05, 0.1) is 0 Å². The first-order valence-corrected chi connectivity index (χ1v) is 9.80. The summed E-state index contributed by atoms with van der Waals surface area (Å²) in [5, 5.41) is 11.5. The molecule has 1 aromatic heterocycles. The fourth-order valence-electron chi connectivity index (χ4n) is 2.57. The van der Waals surface area contributed by atoms with E-state index in [9.17, 15) is 9.18 Å². The second kappa shape index (κ2) is 8.81. The Bertz CT molecular complexity index is 955. The van der Waals surface area contributed by atoms with Crippen LogP contribution >= 0.6 is 11.8 Å². The fourth-order valence-corrected chi connectivity index (χ4v) is 3.38. The van der Waals surface area contributed by atoms with Gasteiger partial charge in [-0.3, -0.25) is 9.36 Å². The predicted molar refractivity (Wildman–Crippen MR) is 107 cm³/mol. The molecule has 0 aliphatic rings. The van der Waals surface area contributed by atoms with Crippen LogP contribution in [0, 0.1) is 5.82 Å². The first kappa shape index (κ1) is 19.1. The number of thioether (sulfide) groups is 1. The van der Waals surface area contributed by atoms with Crippen molar-refractivity contribution in [1.29, 1.82) is 0 Å². The molecular formula is C20H21FN4OS. The average Bonchev–Trinajstić information content (AvgIpc) is 2.69. The minimum atomic E-state index is -0.283. The van der Waals surface area contributed by atoms with Crippen molar-refractivity contribution in [3.63, 3.8) is 0 Å². The highest BCUT2D eigenvalue weighted by atomic mass is 32.2. The Hall–Kier alpha value is -2.67. The van der Waals surface area contributed by atoms with E-state index in [0.717, 1.165) is 17.0 Å². The first-order chi connectivity index (χ1) is 13.1. The highest BCUT2D eigenvalue weighted by Gasteiger charge is 2.12. The number of anilines is 2. The minimum absolute atomic E-state index is 0.171. The van der Waals surface area contributed by atoms with Gasteiger partial charge in [0.2, 0.25) is 5.95 Å². The van der Waals surface area contributed by atoms with Gasteiger partial charge < -0.3 is 5.32 Å². The number of hydrogen-bond acceptors (Lipinski definition) is 5. The van der Waals surface area contributed by atoms with Crippen molar-refractivity contribution in [3.05, 3.63) is 76.0 Å². The van der Waals surface area contributed by atoms with Crippen molar-refractivity contribution >= 4 is 23.4 Å². The van der Waals surface area contributed by atoms with Crippen LogP contribution in [-0.4, -0.2) is 14.8 Å². The van der Waals surface area contributed by atoms with Gasteiger partial charge in [-0.05, 0) is 55.3 Å². The van der Waals surface area contributed by atoms with Crippen molar-refractivity contribution in [1.82, 2.24) is 14.8 Å². The van der Waals surface area contributed by atoms with E-state index in [4.69, 9.17) is 0 Å². The first-order valence-electron chi connectivity index (χ1n) is 8.81. The van der Waals surface area contributed by atoms with Gasteiger partial charge in [0, 0.05) is 22.9 Å². The molecule has 7 heteroatoms. The van der Waals surface area contributed by atoms with Crippen molar-refractivity contribution in [2.75, 3.05) is 5.32 Å². The topological polar surface area (TPSA) is 59.8 Å². The van der Waals surface area contributed by atoms with Crippen LogP contribution in [0.3, 0.4) is 0 Å². The second-order valence-electron chi connectivity index (χ2n) is 5.94. The molecule has 0 amide bonds. The summed E-state index contributed by atoms with van der Waals surface area (Å²) in [4.78, 5) is 13.6. The SMILES string of the molecule is CCc1ccc(Nc2nnc(CSc3ccc(F)cc3)c(=O)n2CC)cc1. The average molecular weight is 384 g/mol. The normalized spacial score (nSPS) is 10.8. The summed E-state index contributed by atoms with van der Waals surface area (Å²) in [5.41, 5.74) is 2.30. The number of benzene rings is 2. The Balaban J connectivity index is 1.77. The zero-order valence-corrected chi connectivity index (χ0v) is 16.1. The van der Waals surface area contributed by atoms with E-state index in [-0.39, 0.29) is 11.4 Å². The number of rotatable bonds is 7. The molecule has 2 aromatic carbocycles. The predicted octanol–water partition coefficient (Wildman–Crippen LogP) is 4.40. The lowest BCUT2D eigenvalue weighted by molar-refractivity contribution is 0.626. The quantitative estimate of drug-likeness (QED) is 0.612. The van der Waals surface area contributed by atoms with Crippen molar-refractivity contribution in [3.8, 4) is 0 Å². The molecule has 0 saturated carbocycles. The number of halogens is 1. The maximum absolute atomic E-state index is 13.0. The van der Waals surface area contributed by atoms with Crippen LogP contribution in [0.4, 0.5) is 16.0 Å². The molecule has 0 saturated heterocycles. The third kappa shape index (κ3) is 4.74. The van der Waals surface area contributed by atoms with E-state index in [1.54, 1.807) is 16.7 Å². The van der Waals surface area contributed by atoms with E-state index < -0.39 is 0 Å². The number of nitrogens with one attached hydrogen (secondary N) is 1. The largest absolute Gasteiger partial charge is 0.324 e. The maximum atomic E-state index is 13.0. The molecule has 0 atom stereocenters. The summed E-state index contributed by atoms with van der Waals surface area (Å²) in [7, 11) is 0. The molecule has 0 radical (unpaired) electrons. The fraction of sp³-hybridized carbons (Fsp3) is 0.250. The van der Waals surface area contributed by atoms with Gasteiger partial charge in [-0.15, -0.1) is 22.0 Å². The molecule has 0 aliphatic heterocycles.